The number of ether oxygens (including phenoxy) is 1. The van der Waals surface area contributed by atoms with E-state index in [0.29, 0.717) is 0 Å². The van der Waals surface area contributed by atoms with E-state index in [4.69, 9.17) is 4.74 Å². The van der Waals surface area contributed by atoms with Crippen molar-refractivity contribution in [1.82, 2.24) is 9.55 Å². The number of aromatic amines is 1. The first-order valence-corrected chi connectivity index (χ1v) is 6.47. The maximum atomic E-state index is 11.8. The lowest BCUT2D eigenvalue weighted by Gasteiger charge is -2.24. The van der Waals surface area contributed by atoms with Gasteiger partial charge in [-0.2, -0.15) is 0 Å². The van der Waals surface area contributed by atoms with Gasteiger partial charge in [0.2, 0.25) is 0 Å². The molecule has 5 atom stereocenters. The van der Waals surface area contributed by atoms with Crippen LogP contribution < -0.4 is 11.2 Å². The monoisotopic (exact) mass is 302 g/mol. The quantitative estimate of drug-likeness (QED) is 0.397. The van der Waals surface area contributed by atoms with Crippen LogP contribution in [0.5, 0.6) is 0 Å². The summed E-state index contributed by atoms with van der Waals surface area (Å²) in [7, 11) is 0. The zero-order valence-corrected chi connectivity index (χ0v) is 11.3. The van der Waals surface area contributed by atoms with Gasteiger partial charge in [0.1, 0.15) is 24.5 Å². The summed E-state index contributed by atoms with van der Waals surface area (Å²) >= 11 is 0. The van der Waals surface area contributed by atoms with Crippen LogP contribution in [0.4, 0.5) is 0 Å². The molecule has 0 amide bonds. The molecular formula is C12H18N2O7. The molecule has 0 saturated carbocycles. The Balaban J connectivity index is 2.41. The van der Waals surface area contributed by atoms with Crippen LogP contribution in [0.3, 0.4) is 0 Å². The van der Waals surface area contributed by atoms with Gasteiger partial charge in [0, 0.05) is 18.2 Å². The van der Waals surface area contributed by atoms with Gasteiger partial charge in [-0.05, 0) is 6.92 Å². The highest BCUT2D eigenvalue weighted by molar-refractivity contribution is 5.02. The molecule has 1 saturated heterocycles. The molecule has 1 aliphatic rings. The Hall–Kier alpha value is -1.52. The van der Waals surface area contributed by atoms with E-state index in [1.807, 2.05) is 0 Å². The number of hydrogen-bond donors (Lipinski definition) is 5. The van der Waals surface area contributed by atoms with Crippen LogP contribution in [0.1, 0.15) is 18.2 Å². The van der Waals surface area contributed by atoms with Crippen molar-refractivity contribution < 1.29 is 25.2 Å². The first kappa shape index (κ1) is 15.9. The molecule has 0 bridgehead atoms. The Bertz CT molecular complexity index is 610. The minimum absolute atomic E-state index is 0.180. The van der Waals surface area contributed by atoms with Gasteiger partial charge in [0.05, 0.1) is 12.7 Å². The topological polar surface area (TPSA) is 145 Å². The van der Waals surface area contributed by atoms with Gasteiger partial charge in [0.15, 0.2) is 0 Å². The van der Waals surface area contributed by atoms with E-state index in [-0.39, 0.29) is 12.0 Å². The molecular weight excluding hydrogens is 284 g/mol. The smallest absolute Gasteiger partial charge is 0.330 e. The summed E-state index contributed by atoms with van der Waals surface area (Å²) in [4.78, 5) is 25.3. The summed E-state index contributed by atoms with van der Waals surface area (Å²) in [6.45, 7) is 0.896. The number of aliphatic hydroxyl groups is 4. The van der Waals surface area contributed by atoms with Crippen LogP contribution >= 0.6 is 0 Å². The zero-order chi connectivity index (χ0) is 15.7. The molecule has 5 N–H and O–H groups in total. The van der Waals surface area contributed by atoms with E-state index < -0.39 is 48.5 Å². The lowest BCUT2D eigenvalue weighted by Crippen LogP contribution is -2.44. The molecule has 0 aromatic carbocycles. The first-order valence-electron chi connectivity index (χ1n) is 6.47. The normalized spacial score (nSPS) is 33.7. The Morgan fingerprint density at radius 3 is 2.62 bits per heavy atom. The van der Waals surface area contributed by atoms with E-state index in [0.717, 1.165) is 4.57 Å². The summed E-state index contributed by atoms with van der Waals surface area (Å²) in [5.41, 5.74) is -1.02. The number of aliphatic hydroxyl groups excluding tert-OH is 4. The predicted octanol–water partition coefficient (Wildman–Crippen LogP) is -2.79. The van der Waals surface area contributed by atoms with E-state index in [1.165, 1.54) is 13.1 Å². The third-order valence-corrected chi connectivity index (χ3v) is 3.54. The van der Waals surface area contributed by atoms with E-state index in [2.05, 4.69) is 4.98 Å². The van der Waals surface area contributed by atoms with E-state index in [9.17, 15) is 30.0 Å². The highest BCUT2D eigenvalue weighted by Gasteiger charge is 2.39. The SMILES string of the molecule is Cc1cn(C2C[C@@H](O)[C@@H](O)[C@H](O)[C@@H](CO)O2)c(=O)[nH]c1=O. The minimum Gasteiger partial charge on any atom is -0.394 e. The van der Waals surface area contributed by atoms with Crippen LogP contribution in [-0.4, -0.2) is 61.0 Å². The Morgan fingerprint density at radius 1 is 1.33 bits per heavy atom. The fraction of sp³-hybridized carbons (Fsp3) is 0.667. The summed E-state index contributed by atoms with van der Waals surface area (Å²) in [5.74, 6) is 0. The highest BCUT2D eigenvalue weighted by atomic mass is 16.5. The molecule has 1 aromatic heterocycles. The van der Waals surface area contributed by atoms with Crippen molar-refractivity contribution in [2.45, 2.75) is 44.0 Å². The van der Waals surface area contributed by atoms with Gasteiger partial charge >= 0.3 is 5.69 Å². The molecule has 9 nitrogen and oxygen atoms in total. The third-order valence-electron chi connectivity index (χ3n) is 3.54. The van der Waals surface area contributed by atoms with E-state index >= 15 is 0 Å². The second kappa shape index (κ2) is 6.08. The number of hydrogen-bond acceptors (Lipinski definition) is 7. The van der Waals surface area contributed by atoms with Crippen molar-refractivity contribution >= 4 is 0 Å². The zero-order valence-electron chi connectivity index (χ0n) is 11.3. The van der Waals surface area contributed by atoms with Crippen molar-refractivity contribution in [3.05, 3.63) is 32.6 Å². The Morgan fingerprint density at radius 2 is 2.00 bits per heavy atom. The molecule has 9 heteroatoms. The van der Waals surface area contributed by atoms with Crippen molar-refractivity contribution in [1.29, 1.82) is 0 Å². The first-order chi connectivity index (χ1) is 9.85. The summed E-state index contributed by atoms with van der Waals surface area (Å²) in [5, 5.41) is 38.5. The molecule has 0 aliphatic carbocycles. The number of nitrogens with one attached hydrogen (secondary N) is 1. The fourth-order valence-electron chi connectivity index (χ4n) is 2.26. The summed E-state index contributed by atoms with van der Waals surface area (Å²) in [6.07, 6.45) is -5.47. The van der Waals surface area contributed by atoms with Gasteiger partial charge in [-0.15, -0.1) is 0 Å². The number of nitrogens with zero attached hydrogens (tertiary/aromatic N) is 1. The highest BCUT2D eigenvalue weighted by Crippen LogP contribution is 2.25. The average molecular weight is 302 g/mol. The molecule has 1 aliphatic heterocycles. The van der Waals surface area contributed by atoms with Crippen LogP contribution in [0.25, 0.3) is 0 Å². The van der Waals surface area contributed by atoms with E-state index in [1.54, 1.807) is 0 Å². The van der Waals surface area contributed by atoms with Gasteiger partial charge in [-0.1, -0.05) is 0 Å². The van der Waals surface area contributed by atoms with Crippen molar-refractivity contribution in [3.8, 4) is 0 Å². The fourth-order valence-corrected chi connectivity index (χ4v) is 2.26. The molecule has 1 fully saturated rings. The summed E-state index contributed by atoms with van der Waals surface area (Å²) < 4.78 is 6.45. The lowest BCUT2D eigenvalue weighted by atomic mass is 10.0. The molecule has 2 rings (SSSR count). The average Bonchev–Trinajstić information content (AvgIpc) is 2.54. The molecule has 0 radical (unpaired) electrons. The Kier molecular flexibility index (Phi) is 4.59. The minimum atomic E-state index is -1.51. The Labute approximate surface area is 119 Å². The maximum Gasteiger partial charge on any atom is 0.330 e. The van der Waals surface area contributed by atoms with Crippen molar-refractivity contribution in [3.63, 3.8) is 0 Å². The molecule has 1 aromatic rings. The number of H-pyrrole nitrogens is 1. The molecule has 118 valence electrons. The maximum absolute atomic E-state index is 11.8. The number of rotatable bonds is 2. The van der Waals surface area contributed by atoms with Gasteiger partial charge in [-0.3, -0.25) is 14.3 Å². The molecule has 2 heterocycles. The van der Waals surface area contributed by atoms with Crippen LogP contribution in [0.15, 0.2) is 15.8 Å². The van der Waals surface area contributed by atoms with Crippen LogP contribution in [0.2, 0.25) is 0 Å². The second-order valence-electron chi connectivity index (χ2n) is 5.07. The van der Waals surface area contributed by atoms with Crippen LogP contribution in [-0.2, 0) is 4.74 Å². The van der Waals surface area contributed by atoms with Crippen molar-refractivity contribution in [2.24, 2.45) is 0 Å². The number of aromatic nitrogens is 2. The summed E-state index contributed by atoms with van der Waals surface area (Å²) in [6, 6.07) is 0. The molecule has 21 heavy (non-hydrogen) atoms. The van der Waals surface area contributed by atoms with Gasteiger partial charge < -0.3 is 25.2 Å². The number of aryl methyl sites for hydroxylation is 1. The molecule has 0 spiro atoms. The van der Waals surface area contributed by atoms with Crippen molar-refractivity contribution in [2.75, 3.05) is 6.61 Å². The third kappa shape index (κ3) is 3.06. The predicted molar refractivity (Wildman–Crippen MR) is 69.7 cm³/mol. The molecule has 1 unspecified atom stereocenters. The lowest BCUT2D eigenvalue weighted by molar-refractivity contribution is -0.132. The largest absolute Gasteiger partial charge is 0.394 e. The standard InChI is InChI=1S/C12H18N2O7/c1-5-3-14(12(20)13-11(5)19)8-2-6(16)9(17)10(18)7(4-15)21-8/h3,6-10,15-18H,2,4H2,1H3,(H,13,19,20)/t6-,7-,8?,9-,10-/m1/s1. The van der Waals surface area contributed by atoms with Gasteiger partial charge in [-0.25, -0.2) is 4.79 Å². The second-order valence-corrected chi connectivity index (χ2v) is 5.07. The van der Waals surface area contributed by atoms with Gasteiger partial charge in [0.25, 0.3) is 5.56 Å². The van der Waals surface area contributed by atoms with Crippen LogP contribution in [0, 0.1) is 6.92 Å².